The van der Waals surface area contributed by atoms with Crippen LogP contribution in [0.2, 0.25) is 0 Å². The Hall–Kier alpha value is -4.08. The van der Waals surface area contributed by atoms with Crippen molar-refractivity contribution in [1.82, 2.24) is 10.9 Å². The van der Waals surface area contributed by atoms with Gasteiger partial charge in [0.15, 0.2) is 0 Å². The van der Waals surface area contributed by atoms with Gasteiger partial charge in [-0.3, -0.25) is 29.8 Å². The highest BCUT2D eigenvalue weighted by atomic mass is 32.2. The number of nitrogens with zero attached hydrogens (tertiary/aromatic N) is 4. The van der Waals surface area contributed by atoms with E-state index in [1.165, 1.54) is 95.8 Å². The fraction of sp³-hybridized carbons (Fsp3) is 0.0909. The molecule has 1 heterocycles. The van der Waals surface area contributed by atoms with Crippen LogP contribution in [0, 0.1) is 20.2 Å². The van der Waals surface area contributed by atoms with Gasteiger partial charge in [-0.2, -0.15) is 10.2 Å². The molecule has 0 fully saturated rings. The Morgan fingerprint density at radius 1 is 0.784 bits per heavy atom. The Morgan fingerprint density at radius 3 is 1.51 bits per heavy atom. The van der Waals surface area contributed by atoms with Crippen molar-refractivity contribution in [1.29, 1.82) is 0 Å². The van der Waals surface area contributed by atoms with E-state index in [2.05, 4.69) is 21.1 Å². The lowest BCUT2D eigenvalue weighted by molar-refractivity contribution is -0.385. The summed E-state index contributed by atoms with van der Waals surface area (Å²) in [7, 11) is 0. The van der Waals surface area contributed by atoms with Crippen LogP contribution in [0.25, 0.3) is 0 Å². The van der Waals surface area contributed by atoms with E-state index in [0.717, 1.165) is 8.42 Å². The van der Waals surface area contributed by atoms with Gasteiger partial charge in [0, 0.05) is 23.3 Å². The zero-order valence-electron chi connectivity index (χ0n) is 19.2. The molecule has 0 radical (unpaired) electrons. The molecule has 0 saturated carbocycles. The molecule has 0 aliphatic carbocycles. The van der Waals surface area contributed by atoms with E-state index in [1.807, 2.05) is 12.5 Å². The van der Waals surface area contributed by atoms with Crippen LogP contribution in [0.4, 0.5) is 11.4 Å². The Labute approximate surface area is 222 Å². The van der Waals surface area contributed by atoms with E-state index in [0.29, 0.717) is 11.1 Å². The number of nitro groups is 2. The summed E-state index contributed by atoms with van der Waals surface area (Å²) in [6.45, 7) is 0. The number of hydrogen-bond acceptors (Lipinski definition) is 11. The minimum atomic E-state index is -0.749. The molecule has 190 valence electrons. The maximum atomic E-state index is 12.5. The Kier molecular flexibility index (Phi) is 9.48. The van der Waals surface area contributed by atoms with Crippen LogP contribution in [-0.4, -0.2) is 46.6 Å². The number of carbonyl (C=O) groups is 2. The lowest BCUT2D eigenvalue weighted by atomic mass is 10.2. The van der Waals surface area contributed by atoms with Crippen molar-refractivity contribution in [2.75, 3.05) is 12.5 Å². The Balaban J connectivity index is 1.83. The zero-order valence-corrected chi connectivity index (χ0v) is 21.7. The Bertz CT molecular complexity index is 1320. The van der Waals surface area contributed by atoms with Crippen molar-refractivity contribution >= 4 is 70.5 Å². The second-order valence-electron chi connectivity index (χ2n) is 6.86. The number of amides is 2. The van der Waals surface area contributed by atoms with E-state index < -0.39 is 21.7 Å². The minimum Gasteiger partial charge on any atom is -0.267 e. The molecule has 15 heteroatoms. The van der Waals surface area contributed by atoms with Gasteiger partial charge >= 0.3 is 0 Å². The number of hydrogen-bond donors (Lipinski definition) is 2. The molecule has 12 nitrogen and oxygen atoms in total. The highest BCUT2D eigenvalue weighted by molar-refractivity contribution is 8.02. The molecule has 2 amide bonds. The van der Waals surface area contributed by atoms with E-state index in [-0.39, 0.29) is 22.5 Å². The third-order valence-electron chi connectivity index (χ3n) is 4.70. The molecule has 0 bridgehead atoms. The van der Waals surface area contributed by atoms with E-state index in [9.17, 15) is 29.8 Å². The molecule has 1 aromatic heterocycles. The molecule has 3 rings (SSSR count). The summed E-state index contributed by atoms with van der Waals surface area (Å²) in [6.07, 6.45) is 6.49. The topological polar surface area (TPSA) is 169 Å². The van der Waals surface area contributed by atoms with Crippen LogP contribution in [-0.2, 0) is 0 Å². The van der Waals surface area contributed by atoms with Crippen LogP contribution < -0.4 is 10.9 Å². The zero-order chi connectivity index (χ0) is 26.9. The number of thioether (sulfide) groups is 2. The quantitative estimate of drug-likeness (QED) is 0.158. The van der Waals surface area contributed by atoms with Crippen LogP contribution in [0.15, 0.2) is 67.2 Å². The van der Waals surface area contributed by atoms with Crippen molar-refractivity contribution in [3.63, 3.8) is 0 Å². The summed E-state index contributed by atoms with van der Waals surface area (Å²) in [6, 6.07) is 11.0. The largest absolute Gasteiger partial charge is 0.282 e. The lowest BCUT2D eigenvalue weighted by Gasteiger charge is -2.03. The summed E-state index contributed by atoms with van der Waals surface area (Å²) in [5, 5.41) is 30.3. The smallest absolute Gasteiger partial charge is 0.267 e. The monoisotopic (exact) mass is 558 g/mol. The van der Waals surface area contributed by atoms with Gasteiger partial charge in [0.2, 0.25) is 0 Å². The average Bonchev–Trinajstić information content (AvgIpc) is 3.24. The van der Waals surface area contributed by atoms with Gasteiger partial charge in [0.05, 0.1) is 30.7 Å². The molecule has 0 spiro atoms. The normalized spacial score (nSPS) is 11.1. The predicted octanol–water partition coefficient (Wildman–Crippen LogP) is 4.54. The van der Waals surface area contributed by atoms with Crippen molar-refractivity contribution in [3.8, 4) is 0 Å². The molecule has 0 aliphatic rings. The van der Waals surface area contributed by atoms with Gasteiger partial charge in [0.25, 0.3) is 23.2 Å². The van der Waals surface area contributed by atoms with Crippen molar-refractivity contribution in [3.05, 3.63) is 91.0 Å². The predicted molar refractivity (Wildman–Crippen MR) is 144 cm³/mol. The molecule has 0 atom stereocenters. The van der Waals surface area contributed by atoms with Gasteiger partial charge in [-0.1, -0.05) is 24.3 Å². The van der Waals surface area contributed by atoms with E-state index in [1.54, 1.807) is 0 Å². The fourth-order valence-corrected chi connectivity index (χ4v) is 5.85. The highest BCUT2D eigenvalue weighted by Gasteiger charge is 2.20. The summed E-state index contributed by atoms with van der Waals surface area (Å²) < 4.78 is 1.69. The average molecular weight is 559 g/mol. The van der Waals surface area contributed by atoms with Crippen LogP contribution in [0.3, 0.4) is 0 Å². The van der Waals surface area contributed by atoms with Gasteiger partial charge in [0.1, 0.15) is 11.1 Å². The molecule has 2 N–H and O–H groups in total. The fourth-order valence-electron chi connectivity index (χ4n) is 3.04. The van der Waals surface area contributed by atoms with Crippen molar-refractivity contribution in [2.24, 2.45) is 10.2 Å². The molecule has 0 saturated heterocycles. The van der Waals surface area contributed by atoms with E-state index in [4.69, 9.17) is 0 Å². The molecule has 2 aromatic carbocycles. The van der Waals surface area contributed by atoms with Crippen LogP contribution >= 0.6 is 34.9 Å². The minimum absolute atomic E-state index is 0.135. The van der Waals surface area contributed by atoms with E-state index >= 15 is 0 Å². The summed E-state index contributed by atoms with van der Waals surface area (Å²) >= 11 is 4.32. The van der Waals surface area contributed by atoms with Gasteiger partial charge in [-0.15, -0.1) is 34.9 Å². The molecule has 0 unspecified atom stereocenters. The number of benzene rings is 2. The molecule has 0 aliphatic heterocycles. The first-order chi connectivity index (χ1) is 17.8. The van der Waals surface area contributed by atoms with Gasteiger partial charge in [-0.25, -0.2) is 10.9 Å². The Morgan fingerprint density at radius 2 is 1.16 bits per heavy atom. The number of nitrogens with one attached hydrogen (secondary N) is 2. The number of nitro benzene ring substituents is 2. The van der Waals surface area contributed by atoms with Crippen LogP contribution in [0.5, 0.6) is 0 Å². The van der Waals surface area contributed by atoms with Crippen LogP contribution in [0.1, 0.15) is 31.8 Å². The molecule has 37 heavy (non-hydrogen) atoms. The second-order valence-corrected chi connectivity index (χ2v) is 10.0. The van der Waals surface area contributed by atoms with Crippen molar-refractivity contribution in [2.45, 2.75) is 8.42 Å². The first-order valence-electron chi connectivity index (χ1n) is 10.2. The molecular formula is C22H18N6O6S3. The molecule has 3 aromatic rings. The third kappa shape index (κ3) is 6.58. The first kappa shape index (κ1) is 27.5. The molecular weight excluding hydrogens is 540 g/mol. The highest BCUT2D eigenvalue weighted by Crippen LogP contribution is 2.38. The summed E-state index contributed by atoms with van der Waals surface area (Å²) in [4.78, 5) is 46.0. The van der Waals surface area contributed by atoms with Crippen molar-refractivity contribution < 1.29 is 19.4 Å². The lowest BCUT2D eigenvalue weighted by Crippen LogP contribution is -2.19. The number of hydrazone groups is 2. The second kappa shape index (κ2) is 12.8. The number of carbonyl (C=O) groups excluding carboxylic acids is 2. The standard InChI is InChI=1S/C22H18N6O6S3/c1-35-21-15(11-23-25-19(29)13-7-3-5-9-17(13)27(31)32)16(22(36-2)37-21)12-24-26-20(30)14-8-4-6-10-18(14)28(33)34/h3-12H,1-2H3,(H,25,29)(H,26,30)/b23-11+,24-12+. The maximum absolute atomic E-state index is 12.5. The third-order valence-corrected chi connectivity index (χ3v) is 8.19. The van der Waals surface area contributed by atoms with Gasteiger partial charge in [-0.05, 0) is 24.6 Å². The number of rotatable bonds is 10. The summed E-state index contributed by atoms with van der Waals surface area (Å²) in [5.74, 6) is -1.50. The first-order valence-corrected chi connectivity index (χ1v) is 13.4. The SMILES string of the molecule is CSc1sc(SC)c(/C=N/NC(=O)c2ccccc2[N+](=O)[O-])c1/C=N/NC(=O)c1ccccc1[N+](=O)[O-]. The number of para-hydroxylation sites is 2. The van der Waals surface area contributed by atoms with Gasteiger partial charge < -0.3 is 0 Å². The number of thiophene rings is 1. The summed E-state index contributed by atoms with van der Waals surface area (Å²) in [5.41, 5.74) is 4.85. The maximum Gasteiger partial charge on any atom is 0.282 e.